The molecule has 94 valence electrons. The number of carbonyl (C=O) groups excluding carboxylic acids is 1. The molecule has 0 spiro atoms. The second-order valence-corrected chi connectivity index (χ2v) is 4.66. The maximum atomic E-state index is 11.5. The first kappa shape index (κ1) is 11.2. The van der Waals surface area contributed by atoms with E-state index in [9.17, 15) is 4.79 Å². The van der Waals surface area contributed by atoms with E-state index in [0.29, 0.717) is 0 Å². The Hall–Kier alpha value is -1.88. The Labute approximate surface area is 106 Å². The number of amidine groups is 1. The zero-order valence-corrected chi connectivity index (χ0v) is 10.4. The minimum absolute atomic E-state index is 0.0974. The van der Waals surface area contributed by atoms with Gasteiger partial charge in [0.05, 0.1) is 13.1 Å². The molecule has 0 atom stereocenters. The van der Waals surface area contributed by atoms with Gasteiger partial charge in [0, 0.05) is 24.7 Å². The Balaban J connectivity index is 1.96. The van der Waals surface area contributed by atoms with Gasteiger partial charge in [-0.1, -0.05) is 0 Å². The van der Waals surface area contributed by atoms with Gasteiger partial charge >= 0.3 is 0 Å². The fourth-order valence-corrected chi connectivity index (χ4v) is 2.59. The van der Waals surface area contributed by atoms with Gasteiger partial charge in [0.25, 0.3) is 0 Å². The van der Waals surface area contributed by atoms with Crippen LogP contribution in [0, 0.1) is 0 Å². The molecular formula is C13H16N4O. The summed E-state index contributed by atoms with van der Waals surface area (Å²) in [6.45, 7) is 3.90. The molecule has 1 amide bonds. The van der Waals surface area contributed by atoms with Gasteiger partial charge in [0.2, 0.25) is 5.91 Å². The second-order valence-electron chi connectivity index (χ2n) is 4.66. The van der Waals surface area contributed by atoms with Crippen LogP contribution in [0.15, 0.2) is 23.2 Å². The Kier molecular flexibility index (Phi) is 2.56. The van der Waals surface area contributed by atoms with Crippen molar-refractivity contribution in [2.45, 2.75) is 13.3 Å². The molecule has 5 heteroatoms. The van der Waals surface area contributed by atoms with E-state index in [2.05, 4.69) is 11.1 Å². The topological polar surface area (TPSA) is 61.9 Å². The predicted octanol–water partition coefficient (Wildman–Crippen LogP) is 0.532. The van der Waals surface area contributed by atoms with Crippen molar-refractivity contribution in [1.82, 2.24) is 5.01 Å². The number of fused-ring (bicyclic) bond motifs is 1. The zero-order chi connectivity index (χ0) is 12.7. The molecule has 0 saturated carbocycles. The van der Waals surface area contributed by atoms with E-state index in [0.717, 1.165) is 43.1 Å². The molecule has 0 aromatic heterocycles. The number of aliphatic imine (C=N–C) groups is 1. The number of anilines is 1. The molecule has 5 nitrogen and oxygen atoms in total. The van der Waals surface area contributed by atoms with Gasteiger partial charge in [0.15, 0.2) is 0 Å². The third-order valence-electron chi connectivity index (χ3n) is 3.49. The highest BCUT2D eigenvalue weighted by atomic mass is 16.2. The maximum Gasteiger partial charge on any atom is 0.223 e. The average molecular weight is 244 g/mol. The van der Waals surface area contributed by atoms with E-state index in [-0.39, 0.29) is 5.91 Å². The third kappa shape index (κ3) is 1.67. The van der Waals surface area contributed by atoms with Crippen LogP contribution in [-0.4, -0.2) is 36.4 Å². The molecule has 0 aliphatic carbocycles. The summed E-state index contributed by atoms with van der Waals surface area (Å²) >= 11 is 0. The maximum absolute atomic E-state index is 11.5. The van der Waals surface area contributed by atoms with Crippen LogP contribution in [0.3, 0.4) is 0 Å². The van der Waals surface area contributed by atoms with Gasteiger partial charge in [-0.25, -0.2) is 5.84 Å². The van der Waals surface area contributed by atoms with Crippen LogP contribution >= 0.6 is 0 Å². The molecule has 18 heavy (non-hydrogen) atoms. The van der Waals surface area contributed by atoms with Gasteiger partial charge in [-0.2, -0.15) is 0 Å². The molecular weight excluding hydrogens is 228 g/mol. The Morgan fingerprint density at radius 2 is 2.22 bits per heavy atom. The quantitative estimate of drug-likeness (QED) is 0.733. The molecule has 0 fully saturated rings. The van der Waals surface area contributed by atoms with Crippen LogP contribution in [0.1, 0.15) is 18.1 Å². The summed E-state index contributed by atoms with van der Waals surface area (Å²) in [7, 11) is 0. The standard InChI is InChI=1S/C13H16N4O/c1-9(18)16-6-4-10-8-11(2-3-12(10)16)13-15-5-7-17(13)14/h2-3,8H,4-7,14H2,1H3. The van der Waals surface area contributed by atoms with E-state index in [4.69, 9.17) is 5.84 Å². The molecule has 2 aliphatic heterocycles. The van der Waals surface area contributed by atoms with Gasteiger partial charge in [-0.15, -0.1) is 0 Å². The first-order chi connectivity index (χ1) is 8.66. The Morgan fingerprint density at radius 1 is 1.39 bits per heavy atom. The number of rotatable bonds is 1. The lowest BCUT2D eigenvalue weighted by atomic mass is 10.1. The summed E-state index contributed by atoms with van der Waals surface area (Å²) in [5.41, 5.74) is 3.26. The van der Waals surface area contributed by atoms with Crippen molar-refractivity contribution in [3.63, 3.8) is 0 Å². The van der Waals surface area contributed by atoms with Crippen molar-refractivity contribution < 1.29 is 4.79 Å². The molecule has 1 aromatic carbocycles. The SMILES string of the molecule is CC(=O)N1CCc2cc(C3=NCCN3N)ccc21. The van der Waals surface area contributed by atoms with Gasteiger partial charge in [-0.3, -0.25) is 14.8 Å². The minimum atomic E-state index is 0.0974. The number of nitrogens with zero attached hydrogens (tertiary/aromatic N) is 3. The van der Waals surface area contributed by atoms with Gasteiger partial charge in [0.1, 0.15) is 5.84 Å². The lowest BCUT2D eigenvalue weighted by Crippen LogP contribution is -2.35. The van der Waals surface area contributed by atoms with Crippen LogP contribution in [0.4, 0.5) is 5.69 Å². The van der Waals surface area contributed by atoms with Crippen molar-refractivity contribution in [3.05, 3.63) is 29.3 Å². The van der Waals surface area contributed by atoms with E-state index < -0.39 is 0 Å². The number of amides is 1. The normalized spacial score (nSPS) is 18.0. The molecule has 2 aliphatic rings. The summed E-state index contributed by atoms with van der Waals surface area (Å²) in [5, 5.41) is 1.68. The van der Waals surface area contributed by atoms with E-state index in [1.54, 1.807) is 11.9 Å². The number of hydrazine groups is 1. The fourth-order valence-electron chi connectivity index (χ4n) is 2.59. The highest BCUT2D eigenvalue weighted by Gasteiger charge is 2.24. The van der Waals surface area contributed by atoms with Crippen LogP contribution in [0.25, 0.3) is 0 Å². The van der Waals surface area contributed by atoms with Crippen LogP contribution < -0.4 is 10.7 Å². The number of hydrogen-bond acceptors (Lipinski definition) is 4. The average Bonchev–Trinajstić information content (AvgIpc) is 2.93. The van der Waals surface area contributed by atoms with Gasteiger partial charge in [-0.05, 0) is 30.2 Å². The first-order valence-corrected chi connectivity index (χ1v) is 6.15. The van der Waals surface area contributed by atoms with Crippen LogP contribution in [-0.2, 0) is 11.2 Å². The molecule has 0 unspecified atom stereocenters. The first-order valence-electron chi connectivity index (χ1n) is 6.15. The van der Waals surface area contributed by atoms with Crippen LogP contribution in [0.2, 0.25) is 0 Å². The predicted molar refractivity (Wildman–Crippen MR) is 70.5 cm³/mol. The minimum Gasteiger partial charge on any atom is -0.312 e. The molecule has 2 heterocycles. The third-order valence-corrected chi connectivity index (χ3v) is 3.49. The molecule has 1 aromatic rings. The van der Waals surface area contributed by atoms with Gasteiger partial charge < -0.3 is 4.90 Å². The highest BCUT2D eigenvalue weighted by Crippen LogP contribution is 2.29. The summed E-state index contributed by atoms with van der Waals surface area (Å²) in [6.07, 6.45) is 0.903. The smallest absolute Gasteiger partial charge is 0.223 e. The van der Waals surface area contributed by atoms with Crippen molar-refractivity contribution in [3.8, 4) is 0 Å². The fraction of sp³-hybridized carbons (Fsp3) is 0.385. The Bertz CT molecular complexity index is 538. The summed E-state index contributed by atoms with van der Waals surface area (Å²) in [6, 6.07) is 6.08. The molecule has 2 N–H and O–H groups in total. The Morgan fingerprint density at radius 3 is 2.89 bits per heavy atom. The van der Waals surface area contributed by atoms with Crippen LogP contribution in [0.5, 0.6) is 0 Å². The van der Waals surface area contributed by atoms with E-state index in [1.807, 2.05) is 17.0 Å². The molecule has 0 bridgehead atoms. The number of nitrogens with two attached hydrogens (primary N) is 1. The van der Waals surface area contributed by atoms with Crippen molar-refractivity contribution in [2.75, 3.05) is 24.5 Å². The lowest BCUT2D eigenvalue weighted by Gasteiger charge is -2.16. The summed E-state index contributed by atoms with van der Waals surface area (Å²) in [5.74, 6) is 6.81. The van der Waals surface area contributed by atoms with Crippen molar-refractivity contribution in [2.24, 2.45) is 10.8 Å². The molecule has 0 saturated heterocycles. The van der Waals surface area contributed by atoms with Crippen molar-refractivity contribution in [1.29, 1.82) is 0 Å². The molecule has 3 rings (SSSR count). The number of benzene rings is 1. The van der Waals surface area contributed by atoms with E-state index >= 15 is 0 Å². The lowest BCUT2D eigenvalue weighted by molar-refractivity contribution is -0.116. The molecule has 0 radical (unpaired) electrons. The number of hydrogen-bond donors (Lipinski definition) is 1. The summed E-state index contributed by atoms with van der Waals surface area (Å²) in [4.78, 5) is 17.7. The second kappa shape index (κ2) is 4.10. The monoisotopic (exact) mass is 244 g/mol. The summed E-state index contributed by atoms with van der Waals surface area (Å²) < 4.78 is 0. The van der Waals surface area contributed by atoms with Crippen molar-refractivity contribution >= 4 is 17.4 Å². The number of carbonyl (C=O) groups is 1. The zero-order valence-electron chi connectivity index (χ0n) is 10.4. The highest BCUT2D eigenvalue weighted by molar-refractivity contribution is 6.01. The van der Waals surface area contributed by atoms with E-state index in [1.165, 1.54) is 5.56 Å². The largest absolute Gasteiger partial charge is 0.312 e.